The molecule has 2 rings (SSSR count). The minimum Gasteiger partial charge on any atom is -0.399 e. The lowest BCUT2D eigenvalue weighted by molar-refractivity contribution is -0.0373. The average molecular weight is 254 g/mol. The fourth-order valence-corrected chi connectivity index (χ4v) is 1.48. The third-order valence-corrected chi connectivity index (χ3v) is 2.41. The van der Waals surface area contributed by atoms with Crippen LogP contribution in [0.2, 0.25) is 0 Å². The summed E-state index contributed by atoms with van der Waals surface area (Å²) in [7, 11) is 0. The van der Waals surface area contributed by atoms with Crippen LogP contribution in [0.25, 0.3) is 10.9 Å². The molecule has 96 valence electrons. The first-order valence-corrected chi connectivity index (χ1v) is 5.25. The lowest BCUT2D eigenvalue weighted by Gasteiger charge is -2.15. The molecule has 5 nitrogen and oxygen atoms in total. The summed E-state index contributed by atoms with van der Waals surface area (Å²) in [6.07, 6.45) is 1.27. The van der Waals surface area contributed by atoms with Gasteiger partial charge in [-0.25, -0.2) is 18.7 Å². The molecule has 4 N–H and O–H groups in total. The molecule has 0 saturated carbocycles. The average Bonchev–Trinajstić information content (AvgIpc) is 2.36. The molecule has 0 spiro atoms. The predicted octanol–water partition coefficient (Wildman–Crippen LogP) is 1.25. The number of alkyl halides is 2. The first kappa shape index (κ1) is 12.4. The van der Waals surface area contributed by atoms with Gasteiger partial charge < -0.3 is 16.2 Å². The molecule has 0 atom stereocenters. The number of anilines is 2. The van der Waals surface area contributed by atoms with Crippen molar-refractivity contribution in [3.63, 3.8) is 0 Å². The zero-order valence-corrected chi connectivity index (χ0v) is 9.40. The van der Waals surface area contributed by atoms with Crippen molar-refractivity contribution in [2.75, 3.05) is 24.2 Å². The van der Waals surface area contributed by atoms with Crippen LogP contribution < -0.4 is 11.1 Å². The monoisotopic (exact) mass is 254 g/mol. The standard InChI is InChI=1S/C11H12F2N4O/c12-11(13,5-18)4-15-10-8-2-1-7(14)3-9(8)16-6-17-10/h1-3,6,18H,4-5,14H2,(H,15,16,17). The van der Waals surface area contributed by atoms with E-state index in [-0.39, 0.29) is 5.82 Å². The van der Waals surface area contributed by atoms with Gasteiger partial charge in [-0.3, -0.25) is 0 Å². The molecule has 0 radical (unpaired) electrons. The highest BCUT2D eigenvalue weighted by Gasteiger charge is 2.27. The number of aliphatic hydroxyl groups is 1. The number of aliphatic hydroxyl groups excluding tert-OH is 1. The van der Waals surface area contributed by atoms with Gasteiger partial charge in [-0.15, -0.1) is 0 Å². The lowest BCUT2D eigenvalue weighted by Crippen LogP contribution is -2.31. The Morgan fingerprint density at radius 2 is 2.11 bits per heavy atom. The van der Waals surface area contributed by atoms with Crippen LogP contribution in [-0.4, -0.2) is 34.1 Å². The number of aromatic nitrogens is 2. The van der Waals surface area contributed by atoms with Crippen molar-refractivity contribution in [2.45, 2.75) is 5.92 Å². The lowest BCUT2D eigenvalue weighted by atomic mass is 10.2. The van der Waals surface area contributed by atoms with E-state index in [1.54, 1.807) is 18.2 Å². The maximum absolute atomic E-state index is 12.9. The van der Waals surface area contributed by atoms with Gasteiger partial charge in [0, 0.05) is 11.1 Å². The fourth-order valence-electron chi connectivity index (χ4n) is 1.48. The third-order valence-electron chi connectivity index (χ3n) is 2.41. The zero-order valence-electron chi connectivity index (χ0n) is 9.40. The number of nitrogen functional groups attached to an aromatic ring is 1. The van der Waals surface area contributed by atoms with Crippen LogP contribution >= 0.6 is 0 Å². The van der Waals surface area contributed by atoms with Gasteiger partial charge in [0.2, 0.25) is 0 Å². The third kappa shape index (κ3) is 2.62. The smallest absolute Gasteiger partial charge is 0.287 e. The molecule has 2 aromatic rings. The number of hydrogen-bond donors (Lipinski definition) is 3. The molecule has 0 amide bonds. The van der Waals surface area contributed by atoms with Crippen molar-refractivity contribution < 1.29 is 13.9 Å². The summed E-state index contributed by atoms with van der Waals surface area (Å²) in [6.45, 7) is -1.91. The molecule has 0 aliphatic rings. The number of nitrogens with two attached hydrogens (primary N) is 1. The van der Waals surface area contributed by atoms with Crippen LogP contribution in [0.1, 0.15) is 0 Å². The summed E-state index contributed by atoms with van der Waals surface area (Å²) in [5.74, 6) is -2.90. The molecule has 0 bridgehead atoms. The SMILES string of the molecule is Nc1ccc2c(NCC(F)(F)CO)ncnc2c1. The van der Waals surface area contributed by atoms with E-state index in [2.05, 4.69) is 15.3 Å². The molecular formula is C11H12F2N4O. The second-order valence-corrected chi connectivity index (χ2v) is 3.87. The van der Waals surface area contributed by atoms with Gasteiger partial charge in [-0.1, -0.05) is 0 Å². The number of nitrogens with one attached hydrogen (secondary N) is 1. The number of hydrogen-bond acceptors (Lipinski definition) is 5. The van der Waals surface area contributed by atoms with Gasteiger partial charge in [-0.2, -0.15) is 0 Å². The Labute approximate surface area is 102 Å². The number of nitrogens with zero attached hydrogens (tertiary/aromatic N) is 2. The van der Waals surface area contributed by atoms with Gasteiger partial charge in [0.1, 0.15) is 18.8 Å². The van der Waals surface area contributed by atoms with Crippen LogP contribution in [0.3, 0.4) is 0 Å². The van der Waals surface area contributed by atoms with Crippen LogP contribution in [0, 0.1) is 0 Å². The summed E-state index contributed by atoms with van der Waals surface area (Å²) in [5, 5.41) is 11.6. The summed E-state index contributed by atoms with van der Waals surface area (Å²) in [6, 6.07) is 4.93. The van der Waals surface area contributed by atoms with Gasteiger partial charge >= 0.3 is 0 Å². The summed E-state index contributed by atoms with van der Waals surface area (Å²) in [5.41, 5.74) is 6.71. The Kier molecular flexibility index (Phi) is 3.24. The van der Waals surface area contributed by atoms with Gasteiger partial charge in [0.05, 0.1) is 12.1 Å². The van der Waals surface area contributed by atoms with E-state index in [9.17, 15) is 8.78 Å². The van der Waals surface area contributed by atoms with E-state index in [0.29, 0.717) is 16.6 Å². The molecule has 7 heteroatoms. The van der Waals surface area contributed by atoms with E-state index in [4.69, 9.17) is 10.8 Å². The minimum atomic E-state index is -3.19. The van der Waals surface area contributed by atoms with Crippen molar-refractivity contribution in [1.29, 1.82) is 0 Å². The van der Waals surface area contributed by atoms with E-state index in [0.717, 1.165) is 0 Å². The molecular weight excluding hydrogens is 242 g/mol. The second kappa shape index (κ2) is 4.69. The summed E-state index contributed by atoms with van der Waals surface area (Å²) in [4.78, 5) is 7.90. The Morgan fingerprint density at radius 3 is 2.83 bits per heavy atom. The first-order valence-electron chi connectivity index (χ1n) is 5.25. The van der Waals surface area contributed by atoms with Crippen LogP contribution in [0.15, 0.2) is 24.5 Å². The highest BCUT2D eigenvalue weighted by atomic mass is 19.3. The largest absolute Gasteiger partial charge is 0.399 e. The Morgan fingerprint density at radius 1 is 1.33 bits per heavy atom. The topological polar surface area (TPSA) is 84.1 Å². The molecule has 18 heavy (non-hydrogen) atoms. The van der Waals surface area contributed by atoms with Crippen LogP contribution in [0.4, 0.5) is 20.3 Å². The van der Waals surface area contributed by atoms with E-state index in [1.807, 2.05) is 0 Å². The Balaban J connectivity index is 2.29. The Bertz CT molecular complexity index is 562. The fraction of sp³-hybridized carbons (Fsp3) is 0.273. The molecule has 1 heterocycles. The van der Waals surface area contributed by atoms with Crippen molar-refractivity contribution in [3.05, 3.63) is 24.5 Å². The number of halogens is 2. The van der Waals surface area contributed by atoms with Gasteiger partial charge in [0.15, 0.2) is 0 Å². The Hall–Kier alpha value is -2.02. The van der Waals surface area contributed by atoms with E-state index < -0.39 is 19.1 Å². The first-order chi connectivity index (χ1) is 8.52. The van der Waals surface area contributed by atoms with Crippen LogP contribution in [-0.2, 0) is 0 Å². The van der Waals surface area contributed by atoms with Crippen molar-refractivity contribution in [1.82, 2.24) is 9.97 Å². The second-order valence-electron chi connectivity index (χ2n) is 3.87. The molecule has 0 fully saturated rings. The van der Waals surface area contributed by atoms with Crippen molar-refractivity contribution in [3.8, 4) is 0 Å². The quantitative estimate of drug-likeness (QED) is 0.715. The summed E-state index contributed by atoms with van der Waals surface area (Å²) < 4.78 is 25.9. The summed E-state index contributed by atoms with van der Waals surface area (Å²) >= 11 is 0. The minimum absolute atomic E-state index is 0.285. The van der Waals surface area contributed by atoms with Crippen molar-refractivity contribution in [2.24, 2.45) is 0 Å². The highest BCUT2D eigenvalue weighted by molar-refractivity contribution is 5.90. The molecule has 0 unspecified atom stereocenters. The zero-order chi connectivity index (χ0) is 13.2. The van der Waals surface area contributed by atoms with Gasteiger partial charge in [0.25, 0.3) is 5.92 Å². The number of benzene rings is 1. The number of rotatable bonds is 4. The normalized spacial score (nSPS) is 11.7. The predicted molar refractivity (Wildman–Crippen MR) is 64.5 cm³/mol. The maximum atomic E-state index is 12.9. The van der Waals surface area contributed by atoms with Gasteiger partial charge in [-0.05, 0) is 18.2 Å². The maximum Gasteiger partial charge on any atom is 0.287 e. The molecule has 0 aliphatic heterocycles. The highest BCUT2D eigenvalue weighted by Crippen LogP contribution is 2.22. The molecule has 0 aliphatic carbocycles. The molecule has 0 saturated heterocycles. The van der Waals surface area contributed by atoms with E-state index >= 15 is 0 Å². The van der Waals surface area contributed by atoms with Crippen LogP contribution in [0.5, 0.6) is 0 Å². The van der Waals surface area contributed by atoms with Crippen molar-refractivity contribution >= 4 is 22.4 Å². The number of fused-ring (bicyclic) bond motifs is 1. The molecule has 1 aromatic heterocycles. The van der Waals surface area contributed by atoms with E-state index in [1.165, 1.54) is 6.33 Å². The molecule has 1 aromatic carbocycles.